The number of nitrogens with zero attached hydrogens (tertiary/aromatic N) is 4. The second kappa shape index (κ2) is 12.4. The van der Waals surface area contributed by atoms with Gasteiger partial charge in [-0.25, -0.2) is 0 Å². The Morgan fingerprint density at radius 3 is 0.939 bits per heavy atom. The summed E-state index contributed by atoms with van der Waals surface area (Å²) < 4.78 is 2.53. The van der Waals surface area contributed by atoms with Gasteiger partial charge < -0.3 is 0 Å². The highest BCUT2D eigenvalue weighted by atomic mass is 32.1. The van der Waals surface area contributed by atoms with Gasteiger partial charge in [0.25, 0.3) is 0 Å². The highest BCUT2D eigenvalue weighted by Crippen LogP contribution is 2.45. The molecule has 4 nitrogen and oxygen atoms in total. The Labute approximate surface area is 288 Å². The van der Waals surface area contributed by atoms with Crippen molar-refractivity contribution in [3.05, 3.63) is 171 Å². The van der Waals surface area contributed by atoms with Gasteiger partial charge in [-0.2, -0.15) is 0 Å². The van der Waals surface area contributed by atoms with E-state index < -0.39 is 0 Å². The zero-order valence-electron chi connectivity index (χ0n) is 26.4. The first-order chi connectivity index (χ1) is 24.3. The molecule has 0 N–H and O–H groups in total. The van der Waals surface area contributed by atoms with E-state index in [4.69, 9.17) is 0 Å². The molecule has 4 aromatic carbocycles. The summed E-state index contributed by atoms with van der Waals surface area (Å²) in [6, 6.07) is 43.4. The van der Waals surface area contributed by atoms with Gasteiger partial charge in [0.2, 0.25) is 0 Å². The van der Waals surface area contributed by atoms with E-state index in [1.807, 2.05) is 85.2 Å². The van der Waals surface area contributed by atoms with Gasteiger partial charge in [0.15, 0.2) is 0 Å². The van der Waals surface area contributed by atoms with Crippen LogP contribution in [0, 0.1) is 0 Å². The smallest absolute Gasteiger partial charge is 0.0434 e. The molecule has 0 unspecified atom stereocenters. The molecule has 0 amide bonds. The quantitative estimate of drug-likeness (QED) is 0.181. The summed E-state index contributed by atoms with van der Waals surface area (Å²) in [5.41, 5.74) is 13.6. The molecule has 5 aromatic heterocycles. The van der Waals surface area contributed by atoms with Gasteiger partial charge in [-0.3, -0.25) is 19.9 Å². The molecule has 0 aliphatic heterocycles. The molecule has 0 bridgehead atoms. The van der Waals surface area contributed by atoms with E-state index in [0.717, 1.165) is 55.6 Å². The topological polar surface area (TPSA) is 51.6 Å². The monoisotopic (exact) mass is 644 g/mol. The van der Waals surface area contributed by atoms with Crippen LogP contribution in [0.4, 0.5) is 0 Å². The number of hydrogen-bond acceptors (Lipinski definition) is 5. The highest BCUT2D eigenvalue weighted by Gasteiger charge is 2.17. The molecule has 5 heterocycles. The third-order valence-electron chi connectivity index (χ3n) is 8.99. The lowest BCUT2D eigenvalue weighted by molar-refractivity contribution is 1.32. The van der Waals surface area contributed by atoms with Crippen molar-refractivity contribution in [1.82, 2.24) is 19.9 Å². The molecule has 0 fully saturated rings. The van der Waals surface area contributed by atoms with Crippen LogP contribution in [0.2, 0.25) is 0 Å². The van der Waals surface area contributed by atoms with Gasteiger partial charge in [0.1, 0.15) is 0 Å². The van der Waals surface area contributed by atoms with E-state index in [1.165, 1.54) is 31.3 Å². The van der Waals surface area contributed by atoms with Gasteiger partial charge in [-0.05, 0) is 105 Å². The van der Waals surface area contributed by atoms with Gasteiger partial charge >= 0.3 is 0 Å². The Morgan fingerprint density at radius 2 is 0.633 bits per heavy atom. The molecule has 230 valence electrons. The van der Waals surface area contributed by atoms with E-state index in [1.54, 1.807) is 0 Å². The minimum atomic E-state index is 1.08. The normalized spacial score (nSPS) is 11.3. The van der Waals surface area contributed by atoms with Gasteiger partial charge in [-0.1, -0.05) is 60.7 Å². The van der Waals surface area contributed by atoms with Crippen LogP contribution in [-0.4, -0.2) is 19.9 Å². The van der Waals surface area contributed by atoms with Crippen LogP contribution in [0.1, 0.15) is 0 Å². The number of fused-ring (bicyclic) bond motifs is 3. The van der Waals surface area contributed by atoms with E-state index in [2.05, 4.69) is 117 Å². The predicted octanol–water partition coefficient (Wildman–Crippen LogP) is 11.6. The molecule has 0 spiro atoms. The summed E-state index contributed by atoms with van der Waals surface area (Å²) in [5.74, 6) is 0. The summed E-state index contributed by atoms with van der Waals surface area (Å²) in [5, 5.41) is 2.51. The molecule has 0 saturated carbocycles. The molecular weight excluding hydrogens is 617 g/mol. The van der Waals surface area contributed by atoms with Crippen LogP contribution in [-0.2, 0) is 0 Å². The second-order valence-corrected chi connectivity index (χ2v) is 13.1. The summed E-state index contributed by atoms with van der Waals surface area (Å²) in [6.07, 6.45) is 15.0. The van der Waals surface area contributed by atoms with Crippen molar-refractivity contribution in [1.29, 1.82) is 0 Å². The van der Waals surface area contributed by atoms with Crippen LogP contribution in [0.15, 0.2) is 171 Å². The van der Waals surface area contributed by atoms with E-state index >= 15 is 0 Å². The number of pyridine rings is 4. The van der Waals surface area contributed by atoms with Crippen LogP contribution in [0.5, 0.6) is 0 Å². The summed E-state index contributed by atoms with van der Waals surface area (Å²) in [4.78, 5) is 17.7. The Morgan fingerprint density at radius 1 is 0.306 bits per heavy atom. The molecule has 0 aliphatic rings. The van der Waals surface area contributed by atoms with Crippen molar-refractivity contribution in [3.8, 4) is 66.8 Å². The molecule has 0 saturated heterocycles. The maximum Gasteiger partial charge on any atom is 0.0434 e. The predicted molar refractivity (Wildman–Crippen MR) is 203 cm³/mol. The number of thiophene rings is 1. The molecule has 0 aliphatic carbocycles. The van der Waals surface area contributed by atoms with Crippen LogP contribution < -0.4 is 0 Å². The number of aromatic nitrogens is 4. The zero-order valence-corrected chi connectivity index (χ0v) is 27.2. The molecular formula is C44H28N4S. The largest absolute Gasteiger partial charge is 0.264 e. The Kier molecular flexibility index (Phi) is 7.30. The molecule has 9 rings (SSSR count). The number of hydrogen-bond donors (Lipinski definition) is 0. The minimum Gasteiger partial charge on any atom is -0.264 e. The van der Waals surface area contributed by atoms with Crippen LogP contribution >= 0.6 is 11.3 Å². The summed E-state index contributed by atoms with van der Waals surface area (Å²) >= 11 is 1.86. The van der Waals surface area contributed by atoms with Crippen molar-refractivity contribution in [2.45, 2.75) is 0 Å². The molecule has 5 heteroatoms. The first kappa shape index (κ1) is 28.9. The Balaban J connectivity index is 1.26. The summed E-state index contributed by atoms with van der Waals surface area (Å²) in [7, 11) is 0. The molecule has 0 radical (unpaired) electrons. The molecule has 9 aromatic rings. The lowest BCUT2D eigenvalue weighted by atomic mass is 9.93. The average Bonchev–Trinajstić information content (AvgIpc) is 3.58. The fraction of sp³-hybridized carbons (Fsp3) is 0. The maximum atomic E-state index is 4.42. The van der Waals surface area contributed by atoms with Crippen LogP contribution in [0.3, 0.4) is 0 Å². The average molecular weight is 645 g/mol. The lowest BCUT2D eigenvalue weighted by Gasteiger charge is -2.11. The van der Waals surface area contributed by atoms with Crippen molar-refractivity contribution in [3.63, 3.8) is 0 Å². The van der Waals surface area contributed by atoms with Gasteiger partial charge in [0.05, 0.1) is 0 Å². The third kappa shape index (κ3) is 5.46. The van der Waals surface area contributed by atoms with Crippen molar-refractivity contribution in [2.75, 3.05) is 0 Å². The van der Waals surface area contributed by atoms with Crippen molar-refractivity contribution < 1.29 is 0 Å². The third-order valence-corrected chi connectivity index (χ3v) is 10.3. The second-order valence-electron chi connectivity index (χ2n) is 12.0. The number of rotatable bonds is 6. The van der Waals surface area contributed by atoms with E-state index in [0.29, 0.717) is 0 Å². The fourth-order valence-corrected chi connectivity index (χ4v) is 8.01. The molecule has 49 heavy (non-hydrogen) atoms. The Hall–Kier alpha value is -6.30. The lowest BCUT2D eigenvalue weighted by Crippen LogP contribution is -1.87. The van der Waals surface area contributed by atoms with E-state index in [-0.39, 0.29) is 0 Å². The minimum absolute atomic E-state index is 1.08. The van der Waals surface area contributed by atoms with Gasteiger partial charge in [-0.15, -0.1) is 11.3 Å². The fourth-order valence-electron chi connectivity index (χ4n) is 6.64. The zero-order chi connectivity index (χ0) is 32.6. The van der Waals surface area contributed by atoms with Crippen LogP contribution in [0.25, 0.3) is 86.9 Å². The highest BCUT2D eigenvalue weighted by molar-refractivity contribution is 7.26. The van der Waals surface area contributed by atoms with Crippen molar-refractivity contribution >= 4 is 31.5 Å². The SMILES string of the molecule is c1cncc(-c2cc(-c3cccnc3)cc(-c3cccc4c3sc3c(-c5cc(-c6cccnc6)cc(-c6cccnc6)c5)cccc34)c2)c1. The van der Waals surface area contributed by atoms with E-state index in [9.17, 15) is 0 Å². The molecule has 0 atom stereocenters. The standard InChI is InChI=1S/C44H28N4S/c1-11-39(37-21-33(29-7-3-15-45-25-29)19-34(22-37)30-8-4-16-46-26-30)43-41(13-1)42-14-2-12-40(44(42)49-43)38-23-35(31-9-5-17-47-27-31)20-36(24-38)32-10-6-18-48-28-32/h1-28H. The Bertz CT molecular complexity index is 2290. The maximum absolute atomic E-state index is 4.42. The first-order valence-corrected chi connectivity index (χ1v) is 17.0. The first-order valence-electron chi connectivity index (χ1n) is 16.2. The number of benzene rings is 4. The summed E-state index contributed by atoms with van der Waals surface area (Å²) in [6.45, 7) is 0. The van der Waals surface area contributed by atoms with Crippen molar-refractivity contribution in [2.24, 2.45) is 0 Å². The van der Waals surface area contributed by atoms with Gasteiger partial charge in [0, 0.05) is 92.0 Å².